The lowest BCUT2D eigenvalue weighted by molar-refractivity contribution is 0.0697. The number of rotatable bonds is 6. The summed E-state index contributed by atoms with van der Waals surface area (Å²) < 4.78 is 0. The summed E-state index contributed by atoms with van der Waals surface area (Å²) >= 11 is 6.07. The van der Waals surface area contributed by atoms with Gasteiger partial charge in [-0.25, -0.2) is 4.79 Å². The largest absolute Gasteiger partial charge is 0.478 e. The van der Waals surface area contributed by atoms with Crippen molar-refractivity contribution in [2.24, 2.45) is 0 Å². The van der Waals surface area contributed by atoms with Crippen molar-refractivity contribution in [3.8, 4) is 0 Å². The molecule has 2 rings (SSSR count). The quantitative estimate of drug-likeness (QED) is 0.767. The number of hydrogen-bond acceptors (Lipinski definition) is 3. The molecule has 0 aliphatic heterocycles. The number of anilines is 1. The van der Waals surface area contributed by atoms with Gasteiger partial charge in [0, 0.05) is 0 Å². The number of carboxylic acids is 1. The number of aromatic carboxylic acids is 1. The van der Waals surface area contributed by atoms with Crippen molar-refractivity contribution in [1.82, 2.24) is 0 Å². The molecule has 0 fully saturated rings. The number of hydrogen-bond donors (Lipinski definition) is 3. The molecule has 0 saturated carbocycles. The molecule has 0 radical (unpaired) electrons. The molecule has 110 valence electrons. The van der Waals surface area contributed by atoms with Crippen LogP contribution in [0.3, 0.4) is 0 Å². The summed E-state index contributed by atoms with van der Waals surface area (Å²) in [6.07, 6.45) is 0.647. The molecule has 0 aliphatic carbocycles. The van der Waals surface area contributed by atoms with Crippen molar-refractivity contribution in [2.45, 2.75) is 12.5 Å². The van der Waals surface area contributed by atoms with Gasteiger partial charge in [0.05, 0.1) is 28.9 Å². The fraction of sp³-hybridized carbons (Fsp3) is 0.188. The van der Waals surface area contributed by atoms with Crippen molar-refractivity contribution in [1.29, 1.82) is 0 Å². The van der Waals surface area contributed by atoms with E-state index in [9.17, 15) is 9.90 Å². The Hall–Kier alpha value is -2.04. The maximum absolute atomic E-state index is 10.9. The van der Waals surface area contributed by atoms with Crippen LogP contribution in [0.15, 0.2) is 48.5 Å². The van der Waals surface area contributed by atoms with E-state index in [0.29, 0.717) is 17.1 Å². The molecule has 0 spiro atoms. The molecule has 0 saturated heterocycles. The van der Waals surface area contributed by atoms with Crippen LogP contribution in [0.5, 0.6) is 0 Å². The van der Waals surface area contributed by atoms with Gasteiger partial charge in [0.25, 0.3) is 0 Å². The average molecular weight is 306 g/mol. The highest BCUT2D eigenvalue weighted by molar-refractivity contribution is 6.33. The van der Waals surface area contributed by atoms with E-state index in [-0.39, 0.29) is 18.2 Å². The van der Waals surface area contributed by atoms with Gasteiger partial charge >= 0.3 is 5.97 Å². The van der Waals surface area contributed by atoms with E-state index in [1.807, 2.05) is 30.3 Å². The summed E-state index contributed by atoms with van der Waals surface area (Å²) in [7, 11) is 0. The molecule has 0 bridgehead atoms. The first-order valence-corrected chi connectivity index (χ1v) is 6.92. The van der Waals surface area contributed by atoms with E-state index in [1.54, 1.807) is 6.07 Å². The minimum atomic E-state index is -1.02. The Labute approximate surface area is 128 Å². The molecule has 2 aromatic carbocycles. The van der Waals surface area contributed by atoms with Gasteiger partial charge in [-0.05, 0) is 30.2 Å². The highest BCUT2D eigenvalue weighted by Crippen LogP contribution is 2.24. The molecular weight excluding hydrogens is 290 g/mol. The third kappa shape index (κ3) is 4.21. The first kappa shape index (κ1) is 15.4. The van der Waals surface area contributed by atoms with Crippen LogP contribution in [-0.2, 0) is 6.42 Å². The van der Waals surface area contributed by atoms with Gasteiger partial charge in [0.2, 0.25) is 0 Å². The summed E-state index contributed by atoms with van der Waals surface area (Å²) in [6, 6.07) is 14.1. The van der Waals surface area contributed by atoms with Gasteiger partial charge in [-0.1, -0.05) is 41.9 Å². The van der Waals surface area contributed by atoms with Gasteiger partial charge in [0.15, 0.2) is 0 Å². The van der Waals surface area contributed by atoms with Gasteiger partial charge in [-0.15, -0.1) is 0 Å². The molecule has 1 atom stereocenters. The minimum Gasteiger partial charge on any atom is -0.478 e. The first-order chi connectivity index (χ1) is 10.1. The number of aliphatic hydroxyl groups excluding tert-OH is 1. The van der Waals surface area contributed by atoms with Crippen LogP contribution in [0.25, 0.3) is 0 Å². The zero-order chi connectivity index (χ0) is 15.2. The van der Waals surface area contributed by atoms with E-state index in [1.165, 1.54) is 12.1 Å². The SMILES string of the molecule is O=C(O)c1ccc(NC(CO)Cc2ccccc2)c(Cl)c1. The molecule has 5 heteroatoms. The topological polar surface area (TPSA) is 69.6 Å². The van der Waals surface area contributed by atoms with Crippen molar-refractivity contribution < 1.29 is 15.0 Å². The second kappa shape index (κ2) is 7.11. The summed E-state index contributed by atoms with van der Waals surface area (Å²) in [4.78, 5) is 10.9. The van der Waals surface area contributed by atoms with E-state index >= 15 is 0 Å². The van der Waals surface area contributed by atoms with Crippen LogP contribution >= 0.6 is 11.6 Å². The number of benzene rings is 2. The summed E-state index contributed by atoms with van der Waals surface area (Å²) in [5, 5.41) is 21.8. The summed E-state index contributed by atoms with van der Waals surface area (Å²) in [5.41, 5.74) is 1.84. The zero-order valence-corrected chi connectivity index (χ0v) is 12.0. The second-order valence-corrected chi connectivity index (χ2v) is 5.12. The molecule has 21 heavy (non-hydrogen) atoms. The lowest BCUT2D eigenvalue weighted by atomic mass is 10.1. The van der Waals surface area contributed by atoms with Crippen molar-refractivity contribution in [2.75, 3.05) is 11.9 Å². The number of carbonyl (C=O) groups is 1. The monoisotopic (exact) mass is 305 g/mol. The van der Waals surface area contributed by atoms with Crippen molar-refractivity contribution >= 4 is 23.3 Å². The van der Waals surface area contributed by atoms with Crippen LogP contribution in [-0.4, -0.2) is 28.8 Å². The molecule has 0 aromatic heterocycles. The molecule has 4 nitrogen and oxygen atoms in total. The Morgan fingerprint density at radius 2 is 1.90 bits per heavy atom. The van der Waals surface area contributed by atoms with Crippen LogP contribution in [0.4, 0.5) is 5.69 Å². The van der Waals surface area contributed by atoms with E-state index in [4.69, 9.17) is 16.7 Å². The number of halogens is 1. The van der Waals surface area contributed by atoms with E-state index in [0.717, 1.165) is 5.56 Å². The fourth-order valence-electron chi connectivity index (χ4n) is 2.04. The second-order valence-electron chi connectivity index (χ2n) is 4.71. The third-order valence-corrected chi connectivity index (χ3v) is 3.43. The van der Waals surface area contributed by atoms with Crippen LogP contribution in [0, 0.1) is 0 Å². The van der Waals surface area contributed by atoms with Gasteiger partial charge < -0.3 is 15.5 Å². The summed E-state index contributed by atoms with van der Waals surface area (Å²) in [6.45, 7) is -0.0497. The van der Waals surface area contributed by atoms with E-state index < -0.39 is 5.97 Å². The van der Waals surface area contributed by atoms with Crippen LogP contribution < -0.4 is 5.32 Å². The van der Waals surface area contributed by atoms with Gasteiger partial charge in [-0.2, -0.15) is 0 Å². The average Bonchev–Trinajstić information content (AvgIpc) is 2.49. The van der Waals surface area contributed by atoms with E-state index in [2.05, 4.69) is 5.32 Å². The summed E-state index contributed by atoms with van der Waals surface area (Å²) in [5.74, 6) is -1.02. The number of aliphatic hydroxyl groups is 1. The minimum absolute atomic E-state index is 0.0497. The molecule has 0 heterocycles. The highest BCUT2D eigenvalue weighted by atomic mass is 35.5. The van der Waals surface area contributed by atoms with Crippen LogP contribution in [0.1, 0.15) is 15.9 Å². The molecule has 0 amide bonds. The van der Waals surface area contributed by atoms with Gasteiger partial charge in [-0.3, -0.25) is 0 Å². The van der Waals surface area contributed by atoms with Crippen LogP contribution in [0.2, 0.25) is 5.02 Å². The number of nitrogens with one attached hydrogen (secondary N) is 1. The predicted molar refractivity (Wildman–Crippen MR) is 83.1 cm³/mol. The molecule has 0 aliphatic rings. The molecular formula is C16H16ClNO3. The molecule has 3 N–H and O–H groups in total. The predicted octanol–water partition coefficient (Wildman–Crippen LogP) is 3.05. The first-order valence-electron chi connectivity index (χ1n) is 6.54. The number of carboxylic acid groups (broad SMARTS) is 1. The normalized spacial score (nSPS) is 11.9. The lowest BCUT2D eigenvalue weighted by Crippen LogP contribution is -2.26. The molecule has 2 aromatic rings. The third-order valence-electron chi connectivity index (χ3n) is 3.12. The van der Waals surface area contributed by atoms with Gasteiger partial charge in [0.1, 0.15) is 0 Å². The maximum Gasteiger partial charge on any atom is 0.335 e. The fourth-order valence-corrected chi connectivity index (χ4v) is 2.28. The van der Waals surface area contributed by atoms with Crippen molar-refractivity contribution in [3.05, 3.63) is 64.7 Å². The smallest absolute Gasteiger partial charge is 0.335 e. The Morgan fingerprint density at radius 1 is 1.19 bits per heavy atom. The zero-order valence-electron chi connectivity index (χ0n) is 11.3. The lowest BCUT2D eigenvalue weighted by Gasteiger charge is -2.19. The highest BCUT2D eigenvalue weighted by Gasteiger charge is 2.12. The Bertz CT molecular complexity index is 616. The Morgan fingerprint density at radius 3 is 2.48 bits per heavy atom. The van der Waals surface area contributed by atoms with Crippen molar-refractivity contribution in [3.63, 3.8) is 0 Å². The molecule has 1 unspecified atom stereocenters. The maximum atomic E-state index is 10.9. The Kier molecular flexibility index (Phi) is 5.20. The Balaban J connectivity index is 2.10. The standard InChI is InChI=1S/C16H16ClNO3/c17-14-9-12(16(20)21)6-7-15(14)18-13(10-19)8-11-4-2-1-3-5-11/h1-7,9,13,18-19H,8,10H2,(H,20,21).